The summed E-state index contributed by atoms with van der Waals surface area (Å²) in [5.41, 5.74) is 1.20. The average molecular weight is 290 g/mol. The van der Waals surface area contributed by atoms with Crippen LogP contribution in [0, 0.1) is 5.92 Å². The van der Waals surface area contributed by atoms with E-state index in [9.17, 15) is 0 Å². The number of aliphatic imine (C=N–C) groups is 1. The number of methoxy groups -OCH3 is 1. The maximum absolute atomic E-state index is 5.25. The number of thioether (sulfide) groups is 1. The van der Waals surface area contributed by atoms with E-state index in [1.165, 1.54) is 37.0 Å². The molecule has 1 N–H and O–H groups in total. The first-order valence-electron chi connectivity index (χ1n) is 7.42. The van der Waals surface area contributed by atoms with Gasteiger partial charge in [0.25, 0.3) is 0 Å². The molecule has 2 atom stereocenters. The van der Waals surface area contributed by atoms with Gasteiger partial charge >= 0.3 is 0 Å². The Labute approximate surface area is 125 Å². The lowest BCUT2D eigenvalue weighted by molar-refractivity contribution is 0.311. The molecule has 2 unspecified atom stereocenters. The zero-order valence-corrected chi connectivity index (χ0v) is 12.8. The summed E-state index contributed by atoms with van der Waals surface area (Å²) < 4.78 is 5.25. The molecule has 1 aromatic carbocycles. The smallest absolute Gasteiger partial charge is 0.157 e. The summed E-state index contributed by atoms with van der Waals surface area (Å²) in [5.74, 6) is 2.98. The van der Waals surface area contributed by atoms with Crippen molar-refractivity contribution in [2.75, 3.05) is 12.9 Å². The van der Waals surface area contributed by atoms with Crippen molar-refractivity contribution in [2.45, 2.75) is 38.3 Å². The number of benzene rings is 1. The van der Waals surface area contributed by atoms with Crippen molar-refractivity contribution >= 4 is 16.9 Å². The van der Waals surface area contributed by atoms with Crippen LogP contribution in [-0.4, -0.2) is 24.1 Å². The standard InChI is InChI=1S/C16H22N2OS/c1-19-14-7-4-5-12(9-14)10-17-16-18-15-8-3-2-6-13(15)11-20-16/h4-5,7,9,13,15H,2-3,6,8,10-11H2,1H3,(H,17,18). The van der Waals surface area contributed by atoms with Gasteiger partial charge < -0.3 is 10.1 Å². The Hall–Kier alpha value is -1.16. The molecule has 2 fully saturated rings. The van der Waals surface area contributed by atoms with E-state index in [0.717, 1.165) is 23.4 Å². The predicted octanol–water partition coefficient (Wildman–Crippen LogP) is 3.45. The number of hydrogen-bond acceptors (Lipinski definition) is 3. The molecular formula is C16H22N2OS. The molecule has 0 bridgehead atoms. The van der Waals surface area contributed by atoms with E-state index in [1.54, 1.807) is 7.11 Å². The molecule has 0 aromatic heterocycles. The molecule has 20 heavy (non-hydrogen) atoms. The van der Waals surface area contributed by atoms with Crippen LogP contribution in [0.3, 0.4) is 0 Å². The highest BCUT2D eigenvalue weighted by Crippen LogP contribution is 2.31. The minimum absolute atomic E-state index is 0.661. The molecule has 1 saturated heterocycles. The van der Waals surface area contributed by atoms with Gasteiger partial charge in [-0.25, -0.2) is 0 Å². The Kier molecular flexibility index (Phi) is 4.51. The zero-order valence-electron chi connectivity index (χ0n) is 12.0. The summed E-state index contributed by atoms with van der Waals surface area (Å²) in [4.78, 5) is 4.73. The summed E-state index contributed by atoms with van der Waals surface area (Å²) in [5, 5.41) is 4.76. The minimum Gasteiger partial charge on any atom is -0.497 e. The van der Waals surface area contributed by atoms with Crippen molar-refractivity contribution in [3.63, 3.8) is 0 Å². The van der Waals surface area contributed by atoms with Gasteiger partial charge in [0.15, 0.2) is 5.17 Å². The molecule has 4 heteroatoms. The molecule has 1 aliphatic heterocycles. The number of nitrogens with one attached hydrogen (secondary N) is 1. The molecule has 3 nitrogen and oxygen atoms in total. The molecule has 1 aliphatic carbocycles. The number of rotatable bonds is 3. The topological polar surface area (TPSA) is 33.6 Å². The largest absolute Gasteiger partial charge is 0.497 e. The van der Waals surface area contributed by atoms with Crippen LogP contribution in [-0.2, 0) is 6.54 Å². The van der Waals surface area contributed by atoms with Crippen molar-refractivity contribution in [1.82, 2.24) is 5.32 Å². The Morgan fingerprint density at radius 3 is 3.15 bits per heavy atom. The lowest BCUT2D eigenvalue weighted by atomic mass is 9.86. The number of nitrogens with zero attached hydrogens (tertiary/aromatic N) is 1. The molecular weight excluding hydrogens is 268 g/mol. The van der Waals surface area contributed by atoms with Crippen LogP contribution in [0.4, 0.5) is 0 Å². The summed E-state index contributed by atoms with van der Waals surface area (Å²) >= 11 is 1.89. The van der Waals surface area contributed by atoms with Crippen LogP contribution in [0.5, 0.6) is 5.75 Å². The fourth-order valence-corrected chi connectivity index (χ4v) is 4.17. The SMILES string of the molecule is COc1cccc(CN=C2NC3CCCCC3CS2)c1. The van der Waals surface area contributed by atoms with E-state index >= 15 is 0 Å². The van der Waals surface area contributed by atoms with Gasteiger partial charge in [-0.3, -0.25) is 4.99 Å². The fourth-order valence-electron chi connectivity index (χ4n) is 3.01. The number of ether oxygens (including phenoxy) is 1. The van der Waals surface area contributed by atoms with E-state index in [0.29, 0.717) is 6.04 Å². The third kappa shape index (κ3) is 3.29. The fraction of sp³-hybridized carbons (Fsp3) is 0.562. The minimum atomic E-state index is 0.661. The summed E-state index contributed by atoms with van der Waals surface area (Å²) in [6.07, 6.45) is 5.46. The van der Waals surface area contributed by atoms with E-state index in [-0.39, 0.29) is 0 Å². The van der Waals surface area contributed by atoms with Gasteiger partial charge in [0.2, 0.25) is 0 Å². The number of amidine groups is 1. The monoisotopic (exact) mass is 290 g/mol. The van der Waals surface area contributed by atoms with E-state index in [1.807, 2.05) is 23.9 Å². The lowest BCUT2D eigenvalue weighted by Gasteiger charge is -2.36. The second-order valence-corrected chi connectivity index (χ2v) is 6.59. The first-order valence-corrected chi connectivity index (χ1v) is 8.40. The van der Waals surface area contributed by atoms with Gasteiger partial charge in [0.1, 0.15) is 5.75 Å². The Balaban J connectivity index is 1.61. The van der Waals surface area contributed by atoms with E-state index < -0.39 is 0 Å². The Bertz CT molecular complexity index is 489. The molecule has 108 valence electrons. The van der Waals surface area contributed by atoms with Crippen molar-refractivity contribution < 1.29 is 4.74 Å². The van der Waals surface area contributed by atoms with Crippen molar-refractivity contribution in [3.8, 4) is 5.75 Å². The van der Waals surface area contributed by atoms with Crippen LogP contribution in [0.15, 0.2) is 29.3 Å². The van der Waals surface area contributed by atoms with Gasteiger partial charge in [-0.15, -0.1) is 0 Å². The van der Waals surface area contributed by atoms with Crippen molar-refractivity contribution in [1.29, 1.82) is 0 Å². The van der Waals surface area contributed by atoms with Crippen LogP contribution in [0.2, 0.25) is 0 Å². The molecule has 2 aliphatic rings. The predicted molar refractivity (Wildman–Crippen MR) is 85.5 cm³/mol. The van der Waals surface area contributed by atoms with Crippen LogP contribution < -0.4 is 10.1 Å². The number of hydrogen-bond donors (Lipinski definition) is 1. The van der Waals surface area contributed by atoms with Gasteiger partial charge in [-0.2, -0.15) is 0 Å². The normalized spacial score (nSPS) is 27.8. The molecule has 0 radical (unpaired) electrons. The second-order valence-electron chi connectivity index (χ2n) is 5.58. The number of fused-ring (bicyclic) bond motifs is 1. The molecule has 1 aromatic rings. The average Bonchev–Trinajstić information content (AvgIpc) is 2.53. The maximum atomic E-state index is 5.25. The maximum Gasteiger partial charge on any atom is 0.157 e. The first-order chi connectivity index (χ1) is 9.85. The van der Waals surface area contributed by atoms with Crippen LogP contribution in [0.25, 0.3) is 0 Å². The molecule has 0 amide bonds. The Morgan fingerprint density at radius 2 is 2.25 bits per heavy atom. The second kappa shape index (κ2) is 6.53. The van der Waals surface area contributed by atoms with Crippen molar-refractivity contribution in [3.05, 3.63) is 29.8 Å². The summed E-state index contributed by atoms with van der Waals surface area (Å²) in [7, 11) is 1.70. The van der Waals surface area contributed by atoms with Crippen LogP contribution in [0.1, 0.15) is 31.2 Å². The highest BCUT2D eigenvalue weighted by atomic mass is 32.2. The third-order valence-corrected chi connectivity index (χ3v) is 5.31. The highest BCUT2D eigenvalue weighted by Gasteiger charge is 2.29. The molecule has 0 spiro atoms. The van der Waals surface area contributed by atoms with Crippen molar-refractivity contribution in [2.24, 2.45) is 10.9 Å². The van der Waals surface area contributed by atoms with Gasteiger partial charge in [0, 0.05) is 11.8 Å². The molecule has 3 rings (SSSR count). The van der Waals surface area contributed by atoms with Gasteiger partial charge in [-0.05, 0) is 36.5 Å². The zero-order chi connectivity index (χ0) is 13.8. The molecule has 1 heterocycles. The summed E-state index contributed by atoms with van der Waals surface area (Å²) in [6.45, 7) is 0.726. The Morgan fingerprint density at radius 1 is 1.35 bits per heavy atom. The quantitative estimate of drug-likeness (QED) is 0.925. The summed E-state index contributed by atoms with van der Waals surface area (Å²) in [6, 6.07) is 8.81. The third-order valence-electron chi connectivity index (χ3n) is 4.19. The van der Waals surface area contributed by atoms with Gasteiger partial charge in [-0.1, -0.05) is 36.7 Å². The highest BCUT2D eigenvalue weighted by molar-refractivity contribution is 8.13. The van der Waals surface area contributed by atoms with E-state index in [4.69, 9.17) is 9.73 Å². The molecule has 1 saturated carbocycles. The first kappa shape index (κ1) is 13.8. The van der Waals surface area contributed by atoms with Gasteiger partial charge in [0.05, 0.1) is 13.7 Å². The van der Waals surface area contributed by atoms with Crippen LogP contribution >= 0.6 is 11.8 Å². The lowest BCUT2D eigenvalue weighted by Crippen LogP contribution is -2.46. The van der Waals surface area contributed by atoms with E-state index in [2.05, 4.69) is 17.4 Å².